The van der Waals surface area contributed by atoms with Gasteiger partial charge in [0.2, 0.25) is 5.91 Å². The molecule has 0 aliphatic carbocycles. The van der Waals surface area contributed by atoms with Gasteiger partial charge in [0.25, 0.3) is 0 Å². The zero-order valence-electron chi connectivity index (χ0n) is 19.1. The number of ether oxygens (including phenoxy) is 1. The zero-order chi connectivity index (χ0) is 21.9. The molecule has 1 aromatic carbocycles. The maximum Gasteiger partial charge on any atom is 0.240 e. The van der Waals surface area contributed by atoms with Crippen LogP contribution in [0.25, 0.3) is 0 Å². The molecular formula is C25H38N4O3. The van der Waals surface area contributed by atoms with Crippen molar-refractivity contribution in [3.8, 4) is 0 Å². The summed E-state index contributed by atoms with van der Waals surface area (Å²) in [5.41, 5.74) is 1.23. The number of amides is 1. The quantitative estimate of drug-likeness (QED) is 0.761. The van der Waals surface area contributed by atoms with E-state index in [1.807, 2.05) is 11.0 Å². The van der Waals surface area contributed by atoms with E-state index < -0.39 is 0 Å². The van der Waals surface area contributed by atoms with E-state index >= 15 is 0 Å². The number of aliphatic hydroxyl groups is 1. The van der Waals surface area contributed by atoms with Crippen molar-refractivity contribution in [2.45, 2.75) is 56.3 Å². The summed E-state index contributed by atoms with van der Waals surface area (Å²) in [5, 5.41) is 10.4. The van der Waals surface area contributed by atoms with Gasteiger partial charge < -0.3 is 24.5 Å². The summed E-state index contributed by atoms with van der Waals surface area (Å²) >= 11 is 0. The van der Waals surface area contributed by atoms with Crippen molar-refractivity contribution < 1.29 is 14.6 Å². The molecule has 4 saturated heterocycles. The van der Waals surface area contributed by atoms with Crippen LogP contribution in [0.3, 0.4) is 0 Å². The summed E-state index contributed by atoms with van der Waals surface area (Å²) in [6.45, 7) is 7.86. The molecule has 0 unspecified atom stereocenters. The molecule has 1 N–H and O–H groups in total. The molecule has 32 heavy (non-hydrogen) atoms. The van der Waals surface area contributed by atoms with E-state index in [1.165, 1.54) is 5.69 Å². The molecule has 4 aliphatic heterocycles. The summed E-state index contributed by atoms with van der Waals surface area (Å²) in [6, 6.07) is 11.4. The number of benzene rings is 1. The fourth-order valence-electron chi connectivity index (χ4n) is 6.15. The summed E-state index contributed by atoms with van der Waals surface area (Å²) < 4.78 is 5.53. The second-order valence-corrected chi connectivity index (χ2v) is 9.86. The first-order chi connectivity index (χ1) is 15.7. The summed E-state index contributed by atoms with van der Waals surface area (Å²) in [5.74, 6) is 0.223. The minimum atomic E-state index is -0.386. The van der Waals surface area contributed by atoms with E-state index in [1.54, 1.807) is 0 Å². The number of likely N-dealkylation sites (tertiary alicyclic amines) is 2. The Morgan fingerprint density at radius 1 is 0.875 bits per heavy atom. The molecule has 7 heteroatoms. The first-order valence-electron chi connectivity index (χ1n) is 12.5. The van der Waals surface area contributed by atoms with Gasteiger partial charge in [0.05, 0.1) is 12.1 Å². The number of nitrogens with zero attached hydrogens (tertiary/aromatic N) is 4. The van der Waals surface area contributed by atoms with E-state index in [0.717, 1.165) is 78.2 Å². The number of carbonyl (C=O) groups is 1. The van der Waals surface area contributed by atoms with Crippen LogP contribution >= 0.6 is 0 Å². The van der Waals surface area contributed by atoms with Crippen LogP contribution in [0.2, 0.25) is 0 Å². The van der Waals surface area contributed by atoms with Crippen molar-refractivity contribution in [2.24, 2.45) is 0 Å². The van der Waals surface area contributed by atoms with Crippen LogP contribution in [0.4, 0.5) is 5.69 Å². The maximum absolute atomic E-state index is 13.5. The monoisotopic (exact) mass is 442 g/mol. The van der Waals surface area contributed by atoms with Crippen LogP contribution in [-0.2, 0) is 9.53 Å². The van der Waals surface area contributed by atoms with Crippen molar-refractivity contribution in [2.75, 3.05) is 63.9 Å². The molecule has 1 aromatic rings. The van der Waals surface area contributed by atoms with E-state index in [0.29, 0.717) is 25.0 Å². The summed E-state index contributed by atoms with van der Waals surface area (Å²) in [7, 11) is 0. The average molecular weight is 443 g/mol. The van der Waals surface area contributed by atoms with Crippen molar-refractivity contribution in [1.29, 1.82) is 0 Å². The Balaban J connectivity index is 1.16. The normalized spacial score (nSPS) is 29.5. The lowest BCUT2D eigenvalue weighted by Crippen LogP contribution is -2.56. The molecule has 7 nitrogen and oxygen atoms in total. The molecule has 4 fully saturated rings. The molecule has 0 bridgehead atoms. The number of hydrogen-bond donors (Lipinski definition) is 1. The van der Waals surface area contributed by atoms with Crippen LogP contribution in [-0.4, -0.2) is 109 Å². The molecule has 4 aliphatic rings. The number of rotatable bonds is 4. The van der Waals surface area contributed by atoms with E-state index in [2.05, 4.69) is 39.0 Å². The summed E-state index contributed by atoms with van der Waals surface area (Å²) in [6.07, 6.45) is 4.67. The Morgan fingerprint density at radius 2 is 1.56 bits per heavy atom. The van der Waals surface area contributed by atoms with Crippen LogP contribution in [0.15, 0.2) is 30.3 Å². The van der Waals surface area contributed by atoms with Crippen LogP contribution in [0.1, 0.15) is 32.1 Å². The number of aliphatic hydroxyl groups excluding tert-OH is 1. The largest absolute Gasteiger partial charge is 0.392 e. The molecule has 4 heterocycles. The van der Waals surface area contributed by atoms with Crippen molar-refractivity contribution in [3.63, 3.8) is 0 Å². The van der Waals surface area contributed by atoms with Gasteiger partial charge >= 0.3 is 0 Å². The van der Waals surface area contributed by atoms with Gasteiger partial charge in [0.1, 0.15) is 0 Å². The Bertz CT molecular complexity index is 741. The van der Waals surface area contributed by atoms with Gasteiger partial charge in [-0.25, -0.2) is 0 Å². The number of β-amino-alcohol motifs (C(OH)–C–C–N with tert-alkyl or cyclic N) is 1. The minimum absolute atomic E-state index is 0.159. The number of para-hydroxylation sites is 1. The van der Waals surface area contributed by atoms with Crippen LogP contribution in [0.5, 0.6) is 0 Å². The lowest BCUT2D eigenvalue weighted by atomic mass is 9.98. The van der Waals surface area contributed by atoms with Gasteiger partial charge in [-0.05, 0) is 57.3 Å². The molecule has 0 radical (unpaired) electrons. The highest BCUT2D eigenvalue weighted by atomic mass is 16.5. The van der Waals surface area contributed by atoms with Crippen LogP contribution < -0.4 is 4.90 Å². The number of carbonyl (C=O) groups excluding carboxylic acids is 1. The smallest absolute Gasteiger partial charge is 0.240 e. The van der Waals surface area contributed by atoms with E-state index in [4.69, 9.17) is 4.74 Å². The van der Waals surface area contributed by atoms with Crippen LogP contribution in [0, 0.1) is 0 Å². The fraction of sp³-hybridized carbons (Fsp3) is 0.720. The minimum Gasteiger partial charge on any atom is -0.392 e. The Morgan fingerprint density at radius 3 is 2.25 bits per heavy atom. The van der Waals surface area contributed by atoms with Gasteiger partial charge in [0.15, 0.2) is 0 Å². The standard InChI is InChI=1S/C25H38N4O3/c30-23-18-24(25(31)28-14-12-27(13-15-28)20-4-2-1-3-5-20)29(19-23)22-6-10-26(11-7-22)21-8-16-32-17-9-21/h1-5,21-24,30H,6-19H2/t23-,24+/m1/s1. The lowest BCUT2D eigenvalue weighted by Gasteiger charge is -2.44. The van der Waals surface area contributed by atoms with Gasteiger partial charge in [-0.1, -0.05) is 18.2 Å². The molecule has 0 spiro atoms. The Labute approximate surface area is 191 Å². The van der Waals surface area contributed by atoms with Crippen molar-refractivity contribution >= 4 is 11.6 Å². The molecule has 1 amide bonds. The molecule has 0 aromatic heterocycles. The van der Waals surface area contributed by atoms with E-state index in [-0.39, 0.29) is 18.1 Å². The van der Waals surface area contributed by atoms with Gasteiger partial charge in [-0.2, -0.15) is 0 Å². The third-order valence-corrected chi connectivity index (χ3v) is 7.99. The SMILES string of the molecule is O=C([C@@H]1C[C@@H](O)CN1C1CCN(C2CCOCC2)CC1)N1CCN(c2ccccc2)CC1. The highest BCUT2D eigenvalue weighted by Gasteiger charge is 2.43. The van der Waals surface area contributed by atoms with Gasteiger partial charge in [-0.15, -0.1) is 0 Å². The highest BCUT2D eigenvalue weighted by molar-refractivity contribution is 5.82. The van der Waals surface area contributed by atoms with Gasteiger partial charge in [0, 0.05) is 63.7 Å². The van der Waals surface area contributed by atoms with Crippen molar-refractivity contribution in [3.05, 3.63) is 30.3 Å². The topological polar surface area (TPSA) is 59.5 Å². The summed E-state index contributed by atoms with van der Waals surface area (Å²) in [4.78, 5) is 22.9. The van der Waals surface area contributed by atoms with Crippen molar-refractivity contribution in [1.82, 2.24) is 14.7 Å². The molecule has 176 valence electrons. The second kappa shape index (κ2) is 10.1. The third-order valence-electron chi connectivity index (χ3n) is 7.99. The molecular weight excluding hydrogens is 404 g/mol. The first kappa shape index (κ1) is 22.1. The Hall–Kier alpha value is -1.67. The second-order valence-electron chi connectivity index (χ2n) is 9.86. The fourth-order valence-corrected chi connectivity index (χ4v) is 6.15. The predicted octanol–water partition coefficient (Wildman–Crippen LogP) is 1.41. The molecule has 5 rings (SSSR count). The van der Waals surface area contributed by atoms with E-state index in [9.17, 15) is 9.90 Å². The number of piperidine rings is 1. The maximum atomic E-state index is 13.5. The number of anilines is 1. The zero-order valence-corrected chi connectivity index (χ0v) is 19.1. The molecule has 0 saturated carbocycles. The average Bonchev–Trinajstić information content (AvgIpc) is 3.26. The predicted molar refractivity (Wildman–Crippen MR) is 125 cm³/mol. The van der Waals surface area contributed by atoms with Gasteiger partial charge in [-0.3, -0.25) is 9.69 Å². The Kier molecular flexibility index (Phi) is 6.97. The highest BCUT2D eigenvalue weighted by Crippen LogP contribution is 2.30. The molecule has 2 atom stereocenters. The number of hydrogen-bond acceptors (Lipinski definition) is 6. The number of piperazine rings is 1. The first-order valence-corrected chi connectivity index (χ1v) is 12.5. The lowest BCUT2D eigenvalue weighted by molar-refractivity contribution is -0.137. The third kappa shape index (κ3) is 4.81.